The molecule has 2 aromatic rings. The van der Waals surface area contributed by atoms with Crippen molar-refractivity contribution in [2.24, 2.45) is 5.92 Å². The lowest BCUT2D eigenvalue weighted by Gasteiger charge is -2.41. The molecule has 0 unspecified atom stereocenters. The molecule has 11 heteroatoms. The Morgan fingerprint density at radius 2 is 0.976 bits per heavy atom. The molecule has 0 atom stereocenters. The fourth-order valence-corrected chi connectivity index (χ4v) is 10.9. The lowest BCUT2D eigenvalue weighted by atomic mass is 9.95. The van der Waals surface area contributed by atoms with Gasteiger partial charge in [0.2, 0.25) is 20.0 Å². The van der Waals surface area contributed by atoms with Crippen LogP contribution in [0.3, 0.4) is 0 Å². The van der Waals surface area contributed by atoms with Crippen molar-refractivity contribution in [1.29, 1.82) is 0 Å². The molecule has 6 rings (SSSR count). The van der Waals surface area contributed by atoms with Crippen LogP contribution in [0.1, 0.15) is 58.3 Å². The van der Waals surface area contributed by atoms with Gasteiger partial charge in [-0.05, 0) is 119 Å². The van der Waals surface area contributed by atoms with Gasteiger partial charge >= 0.3 is 0 Å². The van der Waals surface area contributed by atoms with Gasteiger partial charge in [0.15, 0.2) is 0 Å². The topological polar surface area (TPSA) is 81.2 Å². The van der Waals surface area contributed by atoms with E-state index < -0.39 is 20.0 Å². The van der Waals surface area contributed by atoms with Crippen LogP contribution in [0.5, 0.6) is 0 Å². The zero-order valence-corrected chi connectivity index (χ0v) is 28.5. The Morgan fingerprint density at radius 3 is 1.40 bits per heavy atom. The molecule has 0 radical (unpaired) electrons. The molecule has 4 heterocycles. The summed E-state index contributed by atoms with van der Waals surface area (Å²) in [4.78, 5) is 5.59. The molecular weight excluding hydrogens is 683 g/mol. The van der Waals surface area contributed by atoms with Crippen molar-refractivity contribution in [3.63, 3.8) is 0 Å². The van der Waals surface area contributed by atoms with Crippen LogP contribution in [0.25, 0.3) is 10.8 Å². The Morgan fingerprint density at radius 1 is 0.571 bits per heavy atom. The quantitative estimate of drug-likeness (QED) is 0.315. The van der Waals surface area contributed by atoms with Gasteiger partial charge in [0.25, 0.3) is 0 Å². The maximum atomic E-state index is 13.6. The van der Waals surface area contributed by atoms with E-state index in [1.54, 1.807) is 45.0 Å². The smallest absolute Gasteiger partial charge is 0.243 e. The van der Waals surface area contributed by atoms with E-state index in [2.05, 4.69) is 39.3 Å². The highest BCUT2D eigenvalue weighted by Crippen LogP contribution is 2.31. The van der Waals surface area contributed by atoms with Gasteiger partial charge in [0, 0.05) is 42.2 Å². The Hall–Kier alpha value is -0.830. The Balaban J connectivity index is 1.12. The molecule has 4 saturated heterocycles. The molecular formula is C31H45IN4O4S2. The van der Waals surface area contributed by atoms with Crippen LogP contribution >= 0.6 is 22.6 Å². The predicted molar refractivity (Wildman–Crippen MR) is 176 cm³/mol. The van der Waals surface area contributed by atoms with Gasteiger partial charge in [-0.2, -0.15) is 8.61 Å². The van der Waals surface area contributed by atoms with Crippen LogP contribution in [0.4, 0.5) is 0 Å². The Bertz CT molecular complexity index is 1350. The molecule has 0 aromatic heterocycles. The SMILES string of the molecule is CC1CCN(C2CCN(S(=O)(=O)c3ccc4ccc(S(=O)(=O)N5CCC(N6CCC(I)CC6)CC5)cc4c3)CC2)CC1. The fourth-order valence-electron chi connectivity index (χ4n) is 7.34. The predicted octanol–water partition coefficient (Wildman–Crippen LogP) is 4.78. The number of likely N-dealkylation sites (tertiary alicyclic amines) is 2. The molecule has 0 bridgehead atoms. The molecule has 0 saturated carbocycles. The maximum Gasteiger partial charge on any atom is 0.243 e. The van der Waals surface area contributed by atoms with Crippen molar-refractivity contribution < 1.29 is 16.8 Å². The summed E-state index contributed by atoms with van der Waals surface area (Å²) in [6.45, 7) is 8.86. The summed E-state index contributed by atoms with van der Waals surface area (Å²) >= 11 is 2.54. The van der Waals surface area contributed by atoms with Crippen molar-refractivity contribution >= 4 is 53.4 Å². The second-order valence-electron chi connectivity index (χ2n) is 12.9. The maximum absolute atomic E-state index is 13.6. The molecule has 4 aliphatic heterocycles. The largest absolute Gasteiger partial charge is 0.300 e. The zero-order chi connectivity index (χ0) is 29.5. The van der Waals surface area contributed by atoms with Crippen LogP contribution < -0.4 is 0 Å². The van der Waals surface area contributed by atoms with Gasteiger partial charge in [-0.3, -0.25) is 0 Å². The van der Waals surface area contributed by atoms with E-state index in [0.29, 0.717) is 43.6 Å². The number of sulfonamides is 2. The minimum absolute atomic E-state index is 0.241. The van der Waals surface area contributed by atoms with E-state index in [1.807, 2.05) is 0 Å². The van der Waals surface area contributed by atoms with Gasteiger partial charge < -0.3 is 9.80 Å². The molecule has 42 heavy (non-hydrogen) atoms. The molecule has 0 amide bonds. The number of nitrogens with zero attached hydrogens (tertiary/aromatic N) is 4. The lowest BCUT2D eigenvalue weighted by molar-refractivity contribution is 0.101. The molecule has 4 fully saturated rings. The third-order valence-electron chi connectivity index (χ3n) is 10.2. The van der Waals surface area contributed by atoms with Crippen molar-refractivity contribution in [3.8, 4) is 0 Å². The first-order chi connectivity index (χ1) is 20.1. The van der Waals surface area contributed by atoms with Crippen LogP contribution in [-0.2, 0) is 20.0 Å². The standard InChI is InChI=1S/C31H45IN4O4S2/c1-24-6-14-33(15-7-24)28-10-18-35(19-11-28)41(37,38)30-4-2-25-3-5-31(23-26(25)22-30)42(39,40)36-20-12-29(13-21-36)34-16-8-27(32)9-17-34/h2-5,22-24,27-29H,6-21H2,1H3. The number of hydrogen-bond donors (Lipinski definition) is 0. The Kier molecular flexibility index (Phi) is 9.56. The number of alkyl halides is 1. The van der Waals surface area contributed by atoms with E-state index in [1.165, 1.54) is 25.7 Å². The van der Waals surface area contributed by atoms with Crippen molar-refractivity contribution in [1.82, 2.24) is 18.4 Å². The van der Waals surface area contributed by atoms with Gasteiger partial charge in [-0.15, -0.1) is 0 Å². The first kappa shape index (κ1) is 31.2. The van der Waals surface area contributed by atoms with Gasteiger partial charge in [0.1, 0.15) is 0 Å². The zero-order valence-electron chi connectivity index (χ0n) is 24.7. The molecule has 0 spiro atoms. The number of rotatable bonds is 6. The molecule has 2 aromatic carbocycles. The van der Waals surface area contributed by atoms with E-state index in [4.69, 9.17) is 0 Å². The summed E-state index contributed by atoms with van der Waals surface area (Å²) < 4.78 is 58.6. The second kappa shape index (κ2) is 12.9. The van der Waals surface area contributed by atoms with Crippen LogP contribution in [0, 0.1) is 5.92 Å². The highest BCUT2D eigenvalue weighted by atomic mass is 127. The van der Waals surface area contributed by atoms with Crippen LogP contribution in [0.2, 0.25) is 0 Å². The fraction of sp³-hybridized carbons (Fsp3) is 0.677. The van der Waals surface area contributed by atoms with Gasteiger partial charge in [-0.25, -0.2) is 16.8 Å². The van der Waals surface area contributed by atoms with E-state index in [0.717, 1.165) is 67.1 Å². The minimum Gasteiger partial charge on any atom is -0.300 e. The van der Waals surface area contributed by atoms with Crippen molar-refractivity contribution in [2.45, 2.75) is 84.1 Å². The summed E-state index contributed by atoms with van der Waals surface area (Å²) in [5.41, 5.74) is 0. The number of piperidine rings is 4. The lowest BCUT2D eigenvalue weighted by Crippen LogP contribution is -2.49. The third-order valence-corrected chi connectivity index (χ3v) is 15.3. The van der Waals surface area contributed by atoms with E-state index in [9.17, 15) is 16.8 Å². The van der Waals surface area contributed by atoms with Crippen LogP contribution in [0.15, 0.2) is 46.2 Å². The average molecular weight is 729 g/mol. The highest BCUT2D eigenvalue weighted by Gasteiger charge is 2.34. The summed E-state index contributed by atoms with van der Waals surface area (Å²) in [5, 5.41) is 1.48. The first-order valence-corrected chi connectivity index (χ1v) is 19.9. The average Bonchev–Trinajstić information content (AvgIpc) is 3.01. The molecule has 0 N–H and O–H groups in total. The second-order valence-corrected chi connectivity index (χ2v) is 18.5. The summed E-state index contributed by atoms with van der Waals surface area (Å²) in [7, 11) is -7.31. The minimum atomic E-state index is -3.66. The summed E-state index contributed by atoms with van der Waals surface area (Å²) in [6.07, 6.45) is 8.30. The first-order valence-electron chi connectivity index (χ1n) is 15.8. The molecule has 8 nitrogen and oxygen atoms in total. The summed E-state index contributed by atoms with van der Waals surface area (Å²) in [6, 6.07) is 11.1. The number of fused-ring (bicyclic) bond motifs is 1. The molecule has 0 aliphatic carbocycles. The van der Waals surface area contributed by atoms with Crippen molar-refractivity contribution in [3.05, 3.63) is 36.4 Å². The van der Waals surface area contributed by atoms with Gasteiger partial charge in [0.05, 0.1) is 9.79 Å². The van der Waals surface area contributed by atoms with E-state index in [-0.39, 0.29) is 9.79 Å². The summed E-state index contributed by atoms with van der Waals surface area (Å²) in [5.74, 6) is 0.783. The molecule has 4 aliphatic rings. The Labute approximate surface area is 266 Å². The third kappa shape index (κ3) is 6.57. The number of hydrogen-bond acceptors (Lipinski definition) is 6. The number of halogens is 1. The normalized spacial score (nSPS) is 24.9. The highest BCUT2D eigenvalue weighted by molar-refractivity contribution is 14.1. The van der Waals surface area contributed by atoms with Crippen LogP contribution in [-0.4, -0.2) is 104 Å². The van der Waals surface area contributed by atoms with Gasteiger partial charge in [-0.1, -0.05) is 41.6 Å². The monoisotopic (exact) mass is 728 g/mol. The van der Waals surface area contributed by atoms with E-state index >= 15 is 0 Å². The number of benzene rings is 2. The van der Waals surface area contributed by atoms with Crippen molar-refractivity contribution in [2.75, 3.05) is 52.4 Å². The molecule has 232 valence electrons.